The SMILES string of the molecule is CC(O)C(=O)O.CCCCCCCCCCCCCCCCCCOCCCNC(=O)CN(C)C. The zero-order chi connectivity index (χ0) is 26.6. The quantitative estimate of drug-likeness (QED) is 0.145. The van der Waals surface area contributed by atoms with E-state index >= 15 is 0 Å². The Kier molecular flexibility index (Phi) is 29.9. The fraction of sp³-hybridized carbons (Fsp3) is 0.929. The lowest BCUT2D eigenvalue weighted by Crippen LogP contribution is -2.34. The van der Waals surface area contributed by atoms with Gasteiger partial charge < -0.3 is 25.2 Å². The second-order valence-electron chi connectivity index (χ2n) is 9.87. The number of aliphatic carboxylic acids is 1. The van der Waals surface area contributed by atoms with Gasteiger partial charge in [-0.2, -0.15) is 0 Å². The molecule has 0 aliphatic heterocycles. The molecule has 0 aromatic carbocycles. The number of carboxylic acid groups (broad SMARTS) is 1. The summed E-state index contributed by atoms with van der Waals surface area (Å²) in [6.45, 7) is 6.27. The van der Waals surface area contributed by atoms with E-state index in [2.05, 4.69) is 12.2 Å². The summed E-state index contributed by atoms with van der Waals surface area (Å²) in [4.78, 5) is 22.8. The molecule has 0 aromatic rings. The molecule has 0 rings (SSSR count). The number of unbranched alkanes of at least 4 members (excludes halogenated alkanes) is 15. The average molecular weight is 503 g/mol. The van der Waals surface area contributed by atoms with Crippen LogP contribution in [0.15, 0.2) is 0 Å². The zero-order valence-electron chi connectivity index (χ0n) is 23.5. The van der Waals surface area contributed by atoms with E-state index in [1.807, 2.05) is 19.0 Å². The zero-order valence-corrected chi connectivity index (χ0v) is 23.5. The highest BCUT2D eigenvalue weighted by atomic mass is 16.5. The topological polar surface area (TPSA) is 99.1 Å². The van der Waals surface area contributed by atoms with Crippen molar-refractivity contribution in [3.63, 3.8) is 0 Å². The Hall–Kier alpha value is -1.18. The monoisotopic (exact) mass is 502 g/mol. The molecule has 0 aliphatic rings. The van der Waals surface area contributed by atoms with Crippen molar-refractivity contribution in [2.24, 2.45) is 0 Å². The molecule has 210 valence electrons. The highest BCUT2D eigenvalue weighted by molar-refractivity contribution is 5.77. The van der Waals surface area contributed by atoms with E-state index < -0.39 is 12.1 Å². The van der Waals surface area contributed by atoms with Crippen molar-refractivity contribution in [3.8, 4) is 0 Å². The van der Waals surface area contributed by atoms with Gasteiger partial charge in [0.15, 0.2) is 0 Å². The van der Waals surface area contributed by atoms with Crippen molar-refractivity contribution in [1.29, 1.82) is 0 Å². The van der Waals surface area contributed by atoms with Crippen LogP contribution < -0.4 is 5.32 Å². The largest absolute Gasteiger partial charge is 0.479 e. The van der Waals surface area contributed by atoms with Gasteiger partial charge in [-0.15, -0.1) is 0 Å². The van der Waals surface area contributed by atoms with Gasteiger partial charge in [-0.1, -0.05) is 103 Å². The fourth-order valence-electron chi connectivity index (χ4n) is 3.60. The Morgan fingerprint density at radius 1 is 0.743 bits per heavy atom. The summed E-state index contributed by atoms with van der Waals surface area (Å²) < 4.78 is 5.65. The Morgan fingerprint density at radius 3 is 1.49 bits per heavy atom. The normalized spacial score (nSPS) is 11.7. The van der Waals surface area contributed by atoms with E-state index in [1.54, 1.807) is 0 Å². The fourth-order valence-corrected chi connectivity index (χ4v) is 3.60. The molecule has 0 radical (unpaired) electrons. The number of carbonyl (C=O) groups is 2. The van der Waals surface area contributed by atoms with Crippen LogP contribution in [0.4, 0.5) is 0 Å². The third-order valence-corrected chi connectivity index (χ3v) is 5.75. The molecule has 1 atom stereocenters. The number of amides is 1. The van der Waals surface area contributed by atoms with Gasteiger partial charge in [0, 0.05) is 19.8 Å². The highest BCUT2D eigenvalue weighted by Crippen LogP contribution is 2.13. The predicted octanol–water partition coefficient (Wildman–Crippen LogP) is 5.78. The first-order valence-electron chi connectivity index (χ1n) is 14.2. The number of carbonyl (C=O) groups excluding carboxylic acids is 1. The first-order chi connectivity index (χ1) is 16.8. The molecule has 0 fully saturated rings. The van der Waals surface area contributed by atoms with Crippen LogP contribution in [-0.2, 0) is 14.3 Å². The third kappa shape index (κ3) is 35.1. The molecule has 0 aliphatic carbocycles. The summed E-state index contributed by atoms with van der Waals surface area (Å²) in [6, 6.07) is 0. The summed E-state index contributed by atoms with van der Waals surface area (Å²) in [5, 5.41) is 18.7. The van der Waals surface area contributed by atoms with Crippen molar-refractivity contribution < 1.29 is 24.5 Å². The van der Waals surface area contributed by atoms with Crippen LogP contribution in [0.5, 0.6) is 0 Å². The molecule has 7 heteroatoms. The number of aliphatic hydroxyl groups excluding tert-OH is 1. The minimum absolute atomic E-state index is 0.0906. The number of hydrogen-bond donors (Lipinski definition) is 3. The summed E-state index contributed by atoms with van der Waals surface area (Å²) in [5.74, 6) is -1.09. The van der Waals surface area contributed by atoms with Crippen LogP contribution >= 0.6 is 0 Å². The minimum atomic E-state index is -1.23. The molecule has 0 bridgehead atoms. The second-order valence-corrected chi connectivity index (χ2v) is 9.87. The molecule has 0 saturated heterocycles. The van der Waals surface area contributed by atoms with E-state index in [0.29, 0.717) is 13.1 Å². The number of nitrogens with one attached hydrogen (secondary N) is 1. The van der Waals surface area contributed by atoms with E-state index in [-0.39, 0.29) is 5.91 Å². The first-order valence-corrected chi connectivity index (χ1v) is 14.2. The van der Waals surface area contributed by atoms with E-state index in [1.165, 1.54) is 110 Å². The number of hydrogen-bond acceptors (Lipinski definition) is 5. The number of rotatable bonds is 24. The Bertz CT molecular complexity index is 459. The second kappa shape index (κ2) is 29.1. The minimum Gasteiger partial charge on any atom is -0.479 e. The smallest absolute Gasteiger partial charge is 0.332 e. The van der Waals surface area contributed by atoms with E-state index in [0.717, 1.165) is 19.6 Å². The molecule has 0 spiro atoms. The van der Waals surface area contributed by atoms with Gasteiger partial charge in [-0.3, -0.25) is 4.79 Å². The van der Waals surface area contributed by atoms with E-state index in [4.69, 9.17) is 14.9 Å². The molecular formula is C28H58N2O5. The average Bonchev–Trinajstić information content (AvgIpc) is 2.80. The molecule has 7 nitrogen and oxygen atoms in total. The van der Waals surface area contributed by atoms with Gasteiger partial charge in [0.1, 0.15) is 6.10 Å². The summed E-state index contributed by atoms with van der Waals surface area (Å²) in [5.41, 5.74) is 0. The van der Waals surface area contributed by atoms with Gasteiger partial charge in [-0.05, 0) is 33.9 Å². The maximum Gasteiger partial charge on any atom is 0.332 e. The standard InChI is InChI=1S/C25H52N2O2.C3H6O3/c1-4-5-6-7-8-9-10-11-12-13-14-15-16-17-18-19-22-29-23-20-21-26-25(28)24-27(2)3;1-2(4)3(5)6/h4-24H2,1-3H3,(H,26,28);2,4H,1H3,(H,5,6). The van der Waals surface area contributed by atoms with Crippen molar-refractivity contribution in [2.45, 2.75) is 129 Å². The number of carboxylic acids is 1. The summed E-state index contributed by atoms with van der Waals surface area (Å²) >= 11 is 0. The molecular weight excluding hydrogens is 444 g/mol. The maximum atomic E-state index is 11.5. The predicted molar refractivity (Wildman–Crippen MR) is 146 cm³/mol. The van der Waals surface area contributed by atoms with Crippen molar-refractivity contribution >= 4 is 11.9 Å². The molecule has 1 unspecified atom stereocenters. The Labute approximate surface area is 216 Å². The highest BCUT2D eigenvalue weighted by Gasteiger charge is 2.02. The van der Waals surface area contributed by atoms with E-state index in [9.17, 15) is 9.59 Å². The van der Waals surface area contributed by atoms with Crippen molar-refractivity contribution in [3.05, 3.63) is 0 Å². The number of aliphatic hydroxyl groups is 1. The number of ether oxygens (including phenoxy) is 1. The van der Waals surface area contributed by atoms with Crippen LogP contribution in [0, 0.1) is 0 Å². The number of nitrogens with zero attached hydrogens (tertiary/aromatic N) is 1. The molecule has 35 heavy (non-hydrogen) atoms. The van der Waals surface area contributed by atoms with Crippen molar-refractivity contribution in [2.75, 3.05) is 40.4 Å². The van der Waals surface area contributed by atoms with Crippen LogP contribution in [0.2, 0.25) is 0 Å². The summed E-state index contributed by atoms with van der Waals surface area (Å²) in [6.07, 6.45) is 22.1. The summed E-state index contributed by atoms with van der Waals surface area (Å²) in [7, 11) is 3.81. The molecule has 0 saturated carbocycles. The maximum absolute atomic E-state index is 11.5. The van der Waals surface area contributed by atoms with Gasteiger partial charge in [0.25, 0.3) is 0 Å². The lowest BCUT2D eigenvalue weighted by atomic mass is 10.0. The van der Waals surface area contributed by atoms with Crippen LogP contribution in [0.1, 0.15) is 123 Å². The lowest BCUT2D eigenvalue weighted by Gasteiger charge is -2.10. The Balaban J connectivity index is 0. The van der Waals surface area contributed by atoms with Crippen LogP contribution in [0.3, 0.4) is 0 Å². The lowest BCUT2D eigenvalue weighted by molar-refractivity contribution is -0.145. The van der Waals surface area contributed by atoms with Gasteiger partial charge >= 0.3 is 5.97 Å². The van der Waals surface area contributed by atoms with Crippen LogP contribution in [-0.4, -0.2) is 73.5 Å². The Morgan fingerprint density at radius 2 is 1.11 bits per heavy atom. The molecule has 3 N–H and O–H groups in total. The van der Waals surface area contributed by atoms with Gasteiger partial charge in [0.2, 0.25) is 5.91 Å². The number of likely N-dealkylation sites (N-methyl/N-ethyl adjacent to an activating group) is 1. The molecule has 0 heterocycles. The van der Waals surface area contributed by atoms with Crippen LogP contribution in [0.25, 0.3) is 0 Å². The first kappa shape index (κ1) is 36.0. The van der Waals surface area contributed by atoms with Crippen molar-refractivity contribution in [1.82, 2.24) is 10.2 Å². The van der Waals surface area contributed by atoms with Gasteiger partial charge in [-0.25, -0.2) is 4.79 Å². The molecule has 0 aromatic heterocycles. The third-order valence-electron chi connectivity index (χ3n) is 5.75. The van der Waals surface area contributed by atoms with Gasteiger partial charge in [0.05, 0.1) is 6.54 Å². The molecule has 1 amide bonds.